The lowest BCUT2D eigenvalue weighted by Crippen LogP contribution is -2.48. The molecule has 0 bridgehead atoms. The van der Waals surface area contributed by atoms with E-state index < -0.39 is 12.1 Å². The lowest BCUT2D eigenvalue weighted by atomic mass is 10.2. The van der Waals surface area contributed by atoms with Crippen LogP contribution in [0.2, 0.25) is 0 Å². The summed E-state index contributed by atoms with van der Waals surface area (Å²) in [6.07, 6.45) is 0.0291. The Morgan fingerprint density at radius 2 is 2.18 bits per heavy atom. The van der Waals surface area contributed by atoms with Crippen molar-refractivity contribution < 1.29 is 24.2 Å². The van der Waals surface area contributed by atoms with Crippen molar-refractivity contribution in [3.8, 4) is 5.75 Å². The highest BCUT2D eigenvalue weighted by Crippen LogP contribution is 2.16. The number of morpholine rings is 1. The highest BCUT2D eigenvalue weighted by molar-refractivity contribution is 5.78. The molecule has 0 radical (unpaired) electrons. The largest absolute Gasteiger partial charge is 0.493 e. The van der Waals surface area contributed by atoms with Gasteiger partial charge < -0.3 is 19.5 Å². The molecule has 1 atom stereocenters. The van der Waals surface area contributed by atoms with Crippen molar-refractivity contribution in [1.29, 1.82) is 0 Å². The molecule has 1 aliphatic heterocycles. The van der Waals surface area contributed by atoms with Gasteiger partial charge in [-0.3, -0.25) is 4.79 Å². The standard InChI is InChI=1S/C16H21NO5/c1-12-5-2-3-6-13(12)21-9-4-7-15(18)17-8-10-22-14(11-17)16(19)20/h2-3,5-6,14H,4,7-11H2,1H3,(H,19,20)/t14-/m1/s1. The number of rotatable bonds is 6. The first kappa shape index (κ1) is 16.3. The van der Waals surface area contributed by atoms with Crippen molar-refractivity contribution in [3.63, 3.8) is 0 Å². The van der Waals surface area contributed by atoms with E-state index in [-0.39, 0.29) is 19.1 Å². The van der Waals surface area contributed by atoms with Crippen LogP contribution in [-0.4, -0.2) is 54.3 Å². The summed E-state index contributed by atoms with van der Waals surface area (Å²) in [5.41, 5.74) is 1.06. The number of carboxylic acid groups (broad SMARTS) is 1. The molecule has 1 aliphatic rings. The summed E-state index contributed by atoms with van der Waals surface area (Å²) in [6.45, 7) is 3.26. The van der Waals surface area contributed by atoms with Gasteiger partial charge in [0.2, 0.25) is 5.91 Å². The van der Waals surface area contributed by atoms with Crippen LogP contribution in [0.5, 0.6) is 5.75 Å². The first-order valence-corrected chi connectivity index (χ1v) is 7.38. The Kier molecular flexibility index (Phi) is 5.77. The number of ether oxygens (including phenoxy) is 2. The molecule has 22 heavy (non-hydrogen) atoms. The Bertz CT molecular complexity index is 531. The number of para-hydroxylation sites is 1. The molecule has 0 aliphatic carbocycles. The van der Waals surface area contributed by atoms with Crippen molar-refractivity contribution in [3.05, 3.63) is 29.8 Å². The van der Waals surface area contributed by atoms with Gasteiger partial charge in [-0.15, -0.1) is 0 Å². The molecule has 0 spiro atoms. The summed E-state index contributed by atoms with van der Waals surface area (Å²) in [7, 11) is 0. The maximum atomic E-state index is 12.1. The van der Waals surface area contributed by atoms with Crippen molar-refractivity contribution in [1.82, 2.24) is 4.90 Å². The van der Waals surface area contributed by atoms with Crippen LogP contribution < -0.4 is 4.74 Å². The fourth-order valence-corrected chi connectivity index (χ4v) is 2.31. The number of carbonyl (C=O) groups excluding carboxylic acids is 1. The molecule has 120 valence electrons. The Hall–Kier alpha value is -2.08. The molecular formula is C16H21NO5. The van der Waals surface area contributed by atoms with Crippen LogP contribution in [0.25, 0.3) is 0 Å². The number of carboxylic acids is 1. The Morgan fingerprint density at radius 1 is 1.41 bits per heavy atom. The zero-order valence-corrected chi connectivity index (χ0v) is 12.7. The number of hydrogen-bond donors (Lipinski definition) is 1. The monoisotopic (exact) mass is 307 g/mol. The van der Waals surface area contributed by atoms with Crippen molar-refractivity contribution in [2.45, 2.75) is 25.9 Å². The third-order valence-electron chi connectivity index (χ3n) is 3.58. The van der Waals surface area contributed by atoms with Crippen molar-refractivity contribution in [2.75, 3.05) is 26.3 Å². The number of aliphatic carboxylic acids is 1. The van der Waals surface area contributed by atoms with Crippen LogP contribution in [0, 0.1) is 6.92 Å². The zero-order chi connectivity index (χ0) is 15.9. The van der Waals surface area contributed by atoms with Gasteiger partial charge in [-0.2, -0.15) is 0 Å². The van der Waals surface area contributed by atoms with Crippen LogP contribution in [0.15, 0.2) is 24.3 Å². The summed E-state index contributed by atoms with van der Waals surface area (Å²) in [5.74, 6) is -0.254. The minimum atomic E-state index is -1.03. The summed E-state index contributed by atoms with van der Waals surface area (Å²) < 4.78 is 10.7. The lowest BCUT2D eigenvalue weighted by Gasteiger charge is -2.30. The van der Waals surface area contributed by atoms with Gasteiger partial charge in [-0.05, 0) is 25.0 Å². The molecule has 2 rings (SSSR count). The lowest BCUT2D eigenvalue weighted by molar-refractivity contribution is -0.159. The molecule has 0 unspecified atom stereocenters. The normalized spacial score (nSPS) is 18.0. The van der Waals surface area contributed by atoms with Gasteiger partial charge in [0.1, 0.15) is 5.75 Å². The molecule has 0 saturated carbocycles. The molecule has 1 aromatic rings. The average molecular weight is 307 g/mol. The fourth-order valence-electron chi connectivity index (χ4n) is 2.31. The van der Waals surface area contributed by atoms with Gasteiger partial charge in [-0.25, -0.2) is 4.79 Å². The summed E-state index contributed by atoms with van der Waals surface area (Å²) in [6, 6.07) is 7.73. The van der Waals surface area contributed by atoms with Gasteiger partial charge in [0, 0.05) is 13.0 Å². The van der Waals surface area contributed by atoms with Gasteiger partial charge in [0.05, 0.1) is 19.8 Å². The Balaban J connectivity index is 1.71. The van der Waals surface area contributed by atoms with E-state index in [4.69, 9.17) is 14.6 Å². The van der Waals surface area contributed by atoms with Crippen molar-refractivity contribution in [2.24, 2.45) is 0 Å². The first-order chi connectivity index (χ1) is 10.6. The predicted molar refractivity (Wildman–Crippen MR) is 79.9 cm³/mol. The van der Waals surface area contributed by atoms with E-state index in [9.17, 15) is 9.59 Å². The number of hydrogen-bond acceptors (Lipinski definition) is 4. The van der Waals surface area contributed by atoms with Crippen LogP contribution in [0.4, 0.5) is 0 Å². The van der Waals surface area contributed by atoms with E-state index in [2.05, 4.69) is 0 Å². The second-order valence-corrected chi connectivity index (χ2v) is 5.25. The van der Waals surface area contributed by atoms with Crippen LogP contribution >= 0.6 is 0 Å². The third kappa shape index (κ3) is 4.46. The number of nitrogens with zero attached hydrogens (tertiary/aromatic N) is 1. The quantitative estimate of drug-likeness (QED) is 0.805. The van der Waals surface area contributed by atoms with Crippen LogP contribution in [0.1, 0.15) is 18.4 Å². The Labute approximate surface area is 129 Å². The SMILES string of the molecule is Cc1ccccc1OCCCC(=O)N1CCO[C@@H](C(=O)O)C1. The number of aryl methyl sites for hydroxylation is 1. The molecule has 1 saturated heterocycles. The maximum absolute atomic E-state index is 12.1. The van der Waals surface area contributed by atoms with Crippen molar-refractivity contribution >= 4 is 11.9 Å². The molecule has 1 N–H and O–H groups in total. The van der Waals surface area contributed by atoms with E-state index in [1.807, 2.05) is 31.2 Å². The smallest absolute Gasteiger partial charge is 0.334 e. The predicted octanol–water partition coefficient (Wildman–Crippen LogP) is 1.47. The van der Waals surface area contributed by atoms with E-state index in [0.29, 0.717) is 26.0 Å². The molecule has 1 fully saturated rings. The Morgan fingerprint density at radius 3 is 2.91 bits per heavy atom. The van der Waals surface area contributed by atoms with E-state index in [0.717, 1.165) is 11.3 Å². The fraction of sp³-hybridized carbons (Fsp3) is 0.500. The number of benzene rings is 1. The van der Waals surface area contributed by atoms with E-state index in [1.165, 1.54) is 0 Å². The minimum Gasteiger partial charge on any atom is -0.493 e. The first-order valence-electron chi connectivity index (χ1n) is 7.38. The highest BCUT2D eigenvalue weighted by atomic mass is 16.5. The molecular weight excluding hydrogens is 286 g/mol. The number of carbonyl (C=O) groups is 2. The second-order valence-electron chi connectivity index (χ2n) is 5.25. The van der Waals surface area contributed by atoms with Gasteiger partial charge in [0.15, 0.2) is 6.10 Å². The van der Waals surface area contributed by atoms with Crippen LogP contribution in [-0.2, 0) is 14.3 Å². The van der Waals surface area contributed by atoms with E-state index >= 15 is 0 Å². The van der Waals surface area contributed by atoms with E-state index in [1.54, 1.807) is 4.90 Å². The second kappa shape index (κ2) is 7.79. The maximum Gasteiger partial charge on any atom is 0.334 e. The molecule has 1 amide bonds. The van der Waals surface area contributed by atoms with Crippen LogP contribution in [0.3, 0.4) is 0 Å². The topological polar surface area (TPSA) is 76.1 Å². The number of amides is 1. The third-order valence-corrected chi connectivity index (χ3v) is 3.58. The summed E-state index contributed by atoms with van der Waals surface area (Å²) in [5, 5.41) is 8.92. The summed E-state index contributed by atoms with van der Waals surface area (Å²) >= 11 is 0. The molecule has 1 heterocycles. The van der Waals surface area contributed by atoms with Gasteiger partial charge in [0.25, 0.3) is 0 Å². The minimum absolute atomic E-state index is 0.0528. The average Bonchev–Trinajstić information content (AvgIpc) is 2.53. The molecule has 6 nitrogen and oxygen atoms in total. The molecule has 1 aromatic carbocycles. The van der Waals surface area contributed by atoms with Gasteiger partial charge in [-0.1, -0.05) is 18.2 Å². The van der Waals surface area contributed by atoms with Gasteiger partial charge >= 0.3 is 5.97 Å². The zero-order valence-electron chi connectivity index (χ0n) is 12.7. The molecule has 6 heteroatoms. The highest BCUT2D eigenvalue weighted by Gasteiger charge is 2.28. The summed E-state index contributed by atoms with van der Waals surface area (Å²) in [4.78, 5) is 24.5. The molecule has 0 aromatic heterocycles.